The molecule has 182 valence electrons. The number of ether oxygens (including phenoxy) is 1. The van der Waals surface area contributed by atoms with E-state index in [1.807, 2.05) is 13.8 Å². The summed E-state index contributed by atoms with van der Waals surface area (Å²) in [6, 6.07) is 11.7. The van der Waals surface area contributed by atoms with Gasteiger partial charge in [0.25, 0.3) is 11.8 Å². The fraction of sp³-hybridized carbons (Fsp3) is 0.423. The molecular weight excluding hydrogens is 437 g/mol. The van der Waals surface area contributed by atoms with E-state index in [4.69, 9.17) is 4.74 Å². The zero-order valence-electron chi connectivity index (χ0n) is 19.8. The summed E-state index contributed by atoms with van der Waals surface area (Å²) in [6.45, 7) is 5.34. The Hall–Kier alpha value is -3.42. The van der Waals surface area contributed by atoms with E-state index >= 15 is 0 Å². The average Bonchev–Trinajstić information content (AvgIpc) is 2.85. The van der Waals surface area contributed by atoms with Gasteiger partial charge in [0.1, 0.15) is 17.6 Å². The van der Waals surface area contributed by atoms with Gasteiger partial charge in [-0.25, -0.2) is 4.39 Å². The molecule has 7 nitrogen and oxygen atoms in total. The van der Waals surface area contributed by atoms with Gasteiger partial charge in [0.15, 0.2) is 0 Å². The smallest absolute Gasteiger partial charge is 0.253 e. The first-order chi connectivity index (χ1) is 16.3. The molecule has 0 saturated carbocycles. The van der Waals surface area contributed by atoms with Gasteiger partial charge in [-0.2, -0.15) is 0 Å². The highest BCUT2D eigenvalue weighted by Gasteiger charge is 2.34. The van der Waals surface area contributed by atoms with Crippen LogP contribution in [-0.2, 0) is 4.79 Å². The van der Waals surface area contributed by atoms with Gasteiger partial charge in [0.05, 0.1) is 7.11 Å². The summed E-state index contributed by atoms with van der Waals surface area (Å²) in [6.07, 6.45) is 1.08. The van der Waals surface area contributed by atoms with Crippen LogP contribution in [0, 0.1) is 17.7 Å². The predicted octanol–water partition coefficient (Wildman–Crippen LogP) is 3.26. The Labute approximate surface area is 199 Å². The first kappa shape index (κ1) is 25.2. The number of carbonyl (C=O) groups is 3. The largest absolute Gasteiger partial charge is 0.497 e. The van der Waals surface area contributed by atoms with Crippen LogP contribution in [0.5, 0.6) is 5.75 Å². The normalized spacial score (nSPS) is 15.0. The SMILES string of the molecule is COc1cccc(C(=O)N[C@@H](C(=O)NCC(C)C)C2CCN(C(=O)c3cccc(F)c3)CC2)c1. The van der Waals surface area contributed by atoms with Crippen molar-refractivity contribution in [2.45, 2.75) is 32.7 Å². The van der Waals surface area contributed by atoms with E-state index in [-0.39, 0.29) is 29.6 Å². The van der Waals surface area contributed by atoms with E-state index in [2.05, 4.69) is 10.6 Å². The Morgan fingerprint density at radius 2 is 1.74 bits per heavy atom. The van der Waals surface area contributed by atoms with Crippen LogP contribution in [0.1, 0.15) is 47.4 Å². The molecule has 3 rings (SSSR count). The summed E-state index contributed by atoms with van der Waals surface area (Å²) >= 11 is 0. The van der Waals surface area contributed by atoms with Crippen LogP contribution >= 0.6 is 0 Å². The number of hydrogen-bond donors (Lipinski definition) is 2. The molecule has 0 spiro atoms. The number of piperidine rings is 1. The molecule has 2 aromatic rings. The summed E-state index contributed by atoms with van der Waals surface area (Å²) < 4.78 is 18.7. The molecule has 8 heteroatoms. The summed E-state index contributed by atoms with van der Waals surface area (Å²) in [5, 5.41) is 5.83. The molecule has 1 heterocycles. The Kier molecular flexibility index (Phi) is 8.62. The lowest BCUT2D eigenvalue weighted by Crippen LogP contribution is -2.54. The maximum atomic E-state index is 13.5. The first-order valence-corrected chi connectivity index (χ1v) is 11.6. The van der Waals surface area contributed by atoms with Crippen LogP contribution in [0.25, 0.3) is 0 Å². The zero-order valence-corrected chi connectivity index (χ0v) is 19.8. The summed E-state index contributed by atoms with van der Waals surface area (Å²) in [5.74, 6) is -0.607. The zero-order chi connectivity index (χ0) is 24.7. The summed E-state index contributed by atoms with van der Waals surface area (Å²) in [5.41, 5.74) is 0.704. The van der Waals surface area contributed by atoms with E-state index in [9.17, 15) is 18.8 Å². The fourth-order valence-electron chi connectivity index (χ4n) is 4.04. The van der Waals surface area contributed by atoms with E-state index in [1.54, 1.807) is 35.2 Å². The number of likely N-dealkylation sites (tertiary alicyclic amines) is 1. The number of benzene rings is 2. The minimum absolute atomic E-state index is 0.140. The van der Waals surface area contributed by atoms with Crippen LogP contribution in [0.2, 0.25) is 0 Å². The molecule has 0 unspecified atom stereocenters. The quantitative estimate of drug-likeness (QED) is 0.621. The van der Waals surface area contributed by atoms with Crippen molar-refractivity contribution in [3.63, 3.8) is 0 Å². The second-order valence-electron chi connectivity index (χ2n) is 8.96. The first-order valence-electron chi connectivity index (χ1n) is 11.6. The Bertz CT molecular complexity index is 1020. The van der Waals surface area contributed by atoms with Crippen LogP contribution < -0.4 is 15.4 Å². The maximum Gasteiger partial charge on any atom is 0.253 e. The molecule has 0 aliphatic carbocycles. The van der Waals surface area contributed by atoms with Crippen molar-refractivity contribution in [3.05, 3.63) is 65.5 Å². The lowest BCUT2D eigenvalue weighted by Gasteiger charge is -2.36. The number of nitrogens with zero attached hydrogens (tertiary/aromatic N) is 1. The lowest BCUT2D eigenvalue weighted by molar-refractivity contribution is -0.124. The van der Waals surface area contributed by atoms with Crippen LogP contribution in [-0.4, -0.2) is 55.4 Å². The number of halogens is 1. The molecular formula is C26H32FN3O4. The molecule has 1 fully saturated rings. The topological polar surface area (TPSA) is 87.7 Å². The second-order valence-corrected chi connectivity index (χ2v) is 8.96. The Morgan fingerprint density at radius 3 is 2.38 bits per heavy atom. The molecule has 1 atom stereocenters. The maximum absolute atomic E-state index is 13.5. The fourth-order valence-corrected chi connectivity index (χ4v) is 4.04. The van der Waals surface area contributed by atoms with Gasteiger partial charge in [0.2, 0.25) is 5.91 Å². The summed E-state index contributed by atoms with van der Waals surface area (Å²) in [4.78, 5) is 40.4. The number of hydrogen-bond acceptors (Lipinski definition) is 4. The van der Waals surface area contributed by atoms with Gasteiger partial charge >= 0.3 is 0 Å². The molecule has 1 saturated heterocycles. The molecule has 0 radical (unpaired) electrons. The molecule has 1 aliphatic rings. The molecule has 2 N–H and O–H groups in total. The minimum Gasteiger partial charge on any atom is -0.497 e. The minimum atomic E-state index is -0.733. The monoisotopic (exact) mass is 469 g/mol. The number of methoxy groups -OCH3 is 1. The number of rotatable bonds is 8. The van der Waals surface area contributed by atoms with Crippen molar-refractivity contribution in [1.82, 2.24) is 15.5 Å². The Balaban J connectivity index is 1.70. The van der Waals surface area contributed by atoms with Gasteiger partial charge in [-0.1, -0.05) is 26.0 Å². The van der Waals surface area contributed by atoms with Crippen LogP contribution in [0.15, 0.2) is 48.5 Å². The molecule has 0 bridgehead atoms. The van der Waals surface area contributed by atoms with Crippen molar-refractivity contribution in [2.75, 3.05) is 26.7 Å². The second kappa shape index (κ2) is 11.6. The van der Waals surface area contributed by atoms with E-state index in [0.717, 1.165) is 0 Å². The van der Waals surface area contributed by atoms with Gasteiger partial charge in [-0.3, -0.25) is 14.4 Å². The average molecular weight is 470 g/mol. The Morgan fingerprint density at radius 1 is 1.06 bits per heavy atom. The third-order valence-corrected chi connectivity index (χ3v) is 5.96. The summed E-state index contributed by atoms with van der Waals surface area (Å²) in [7, 11) is 1.53. The lowest BCUT2D eigenvalue weighted by atomic mass is 9.88. The molecule has 0 aromatic heterocycles. The standard InChI is InChI=1S/C26H32FN3O4/c1-17(2)16-28-25(32)23(29-24(31)19-6-5-9-22(15-19)34-3)18-10-12-30(13-11-18)26(33)20-7-4-8-21(27)14-20/h4-9,14-15,17-18,23H,10-13,16H2,1-3H3,(H,28,32)(H,29,31)/t23-/m1/s1. The van der Waals surface area contributed by atoms with Gasteiger partial charge in [-0.05, 0) is 61.1 Å². The molecule has 2 aromatic carbocycles. The van der Waals surface area contributed by atoms with Crippen molar-refractivity contribution in [3.8, 4) is 5.75 Å². The highest BCUT2D eigenvalue weighted by atomic mass is 19.1. The van der Waals surface area contributed by atoms with E-state index < -0.39 is 11.9 Å². The molecule has 1 aliphatic heterocycles. The highest BCUT2D eigenvalue weighted by Crippen LogP contribution is 2.23. The molecule has 3 amide bonds. The van der Waals surface area contributed by atoms with Gasteiger partial charge < -0.3 is 20.3 Å². The third-order valence-electron chi connectivity index (χ3n) is 5.96. The van der Waals surface area contributed by atoms with E-state index in [0.29, 0.717) is 49.4 Å². The third kappa shape index (κ3) is 6.56. The van der Waals surface area contributed by atoms with Gasteiger partial charge in [-0.15, -0.1) is 0 Å². The van der Waals surface area contributed by atoms with Gasteiger partial charge in [0, 0.05) is 30.8 Å². The number of carbonyl (C=O) groups excluding carboxylic acids is 3. The van der Waals surface area contributed by atoms with Crippen LogP contribution in [0.4, 0.5) is 4.39 Å². The predicted molar refractivity (Wildman–Crippen MR) is 127 cm³/mol. The number of amides is 3. The van der Waals surface area contributed by atoms with E-state index in [1.165, 1.54) is 25.3 Å². The number of nitrogens with one attached hydrogen (secondary N) is 2. The van der Waals surface area contributed by atoms with Crippen LogP contribution in [0.3, 0.4) is 0 Å². The van der Waals surface area contributed by atoms with Crippen molar-refractivity contribution < 1.29 is 23.5 Å². The molecule has 34 heavy (non-hydrogen) atoms. The van der Waals surface area contributed by atoms with Crippen molar-refractivity contribution in [2.24, 2.45) is 11.8 Å². The van der Waals surface area contributed by atoms with Crippen molar-refractivity contribution >= 4 is 17.7 Å². The van der Waals surface area contributed by atoms with Crippen molar-refractivity contribution in [1.29, 1.82) is 0 Å². The highest BCUT2D eigenvalue weighted by molar-refractivity contribution is 5.98.